The van der Waals surface area contributed by atoms with Crippen LogP contribution in [0.15, 0.2) is 52.1 Å². The molecular formula is C22H33IN4O2. The minimum Gasteiger partial charge on any atom is -0.497 e. The maximum Gasteiger partial charge on any atom is 0.191 e. The molecule has 1 atom stereocenters. The number of halogens is 1. The fourth-order valence-corrected chi connectivity index (χ4v) is 3.59. The molecular weight excluding hydrogens is 479 g/mol. The number of likely N-dealkylation sites (tertiary alicyclic amines) is 1. The predicted octanol–water partition coefficient (Wildman–Crippen LogP) is 3.84. The van der Waals surface area contributed by atoms with Gasteiger partial charge >= 0.3 is 0 Å². The van der Waals surface area contributed by atoms with Crippen molar-refractivity contribution < 1.29 is 9.15 Å². The SMILES string of the molecule is CCNC(=NCC(c1ccc(OC)cc1)N1CCCC1)NCCc1ccco1.I. The first-order valence-corrected chi connectivity index (χ1v) is 10.2. The number of hydrogen-bond acceptors (Lipinski definition) is 4. The molecule has 1 saturated heterocycles. The smallest absolute Gasteiger partial charge is 0.191 e. The fraction of sp³-hybridized carbons (Fsp3) is 0.500. The molecule has 2 N–H and O–H groups in total. The van der Waals surface area contributed by atoms with E-state index >= 15 is 0 Å². The Morgan fingerprint density at radius 3 is 2.55 bits per heavy atom. The minimum atomic E-state index is 0. The molecule has 0 aliphatic carbocycles. The van der Waals surface area contributed by atoms with Crippen LogP contribution < -0.4 is 15.4 Å². The van der Waals surface area contributed by atoms with E-state index in [1.165, 1.54) is 18.4 Å². The number of furan rings is 1. The number of nitrogens with zero attached hydrogens (tertiary/aromatic N) is 2. The summed E-state index contributed by atoms with van der Waals surface area (Å²) in [7, 11) is 1.70. The summed E-state index contributed by atoms with van der Waals surface area (Å²) in [5.41, 5.74) is 1.29. The standard InChI is InChI=1S/C22H32N4O2.HI/c1-3-23-22(24-13-12-20-7-6-16-28-20)25-17-21(26-14-4-5-15-26)18-8-10-19(27-2)11-9-18;/h6-11,16,21H,3-5,12-15,17H2,1-2H3,(H2,23,24,25);1H. The summed E-state index contributed by atoms with van der Waals surface area (Å²) in [5.74, 6) is 2.73. The van der Waals surface area contributed by atoms with Crippen LogP contribution in [0, 0.1) is 0 Å². The number of rotatable bonds is 9. The Kier molecular flexibility index (Phi) is 10.3. The van der Waals surface area contributed by atoms with Gasteiger partial charge in [-0.05, 0) is 62.7 Å². The fourth-order valence-electron chi connectivity index (χ4n) is 3.59. The molecule has 0 saturated carbocycles. The lowest BCUT2D eigenvalue weighted by atomic mass is 10.1. The Morgan fingerprint density at radius 2 is 1.93 bits per heavy atom. The van der Waals surface area contributed by atoms with Crippen LogP contribution in [0.25, 0.3) is 0 Å². The van der Waals surface area contributed by atoms with Crippen LogP contribution in [0.2, 0.25) is 0 Å². The van der Waals surface area contributed by atoms with E-state index < -0.39 is 0 Å². The predicted molar refractivity (Wildman–Crippen MR) is 128 cm³/mol. The molecule has 6 nitrogen and oxygen atoms in total. The van der Waals surface area contributed by atoms with Crippen molar-refractivity contribution in [1.82, 2.24) is 15.5 Å². The second-order valence-electron chi connectivity index (χ2n) is 7.01. The first kappa shape index (κ1) is 23.5. The molecule has 1 aromatic heterocycles. The highest BCUT2D eigenvalue weighted by molar-refractivity contribution is 14.0. The first-order chi connectivity index (χ1) is 13.8. The minimum absolute atomic E-state index is 0. The van der Waals surface area contributed by atoms with E-state index in [1.807, 2.05) is 24.3 Å². The van der Waals surface area contributed by atoms with Crippen molar-refractivity contribution in [1.29, 1.82) is 0 Å². The van der Waals surface area contributed by atoms with Gasteiger partial charge in [0.25, 0.3) is 0 Å². The average Bonchev–Trinajstić information content (AvgIpc) is 3.43. The van der Waals surface area contributed by atoms with Gasteiger partial charge in [-0.2, -0.15) is 0 Å². The number of benzene rings is 1. The molecule has 0 amide bonds. The zero-order chi connectivity index (χ0) is 19.6. The summed E-state index contributed by atoms with van der Waals surface area (Å²) < 4.78 is 10.7. The number of hydrogen-bond donors (Lipinski definition) is 2. The molecule has 3 rings (SSSR count). The molecule has 1 aliphatic heterocycles. The summed E-state index contributed by atoms with van der Waals surface area (Å²) in [6, 6.07) is 12.6. The molecule has 0 spiro atoms. The van der Waals surface area contributed by atoms with E-state index in [4.69, 9.17) is 14.1 Å². The molecule has 1 aliphatic rings. The molecule has 1 fully saturated rings. The van der Waals surface area contributed by atoms with Gasteiger partial charge in [-0.15, -0.1) is 24.0 Å². The summed E-state index contributed by atoms with van der Waals surface area (Å²) in [4.78, 5) is 7.43. The van der Waals surface area contributed by atoms with E-state index in [1.54, 1.807) is 13.4 Å². The van der Waals surface area contributed by atoms with Crippen molar-refractivity contribution in [2.45, 2.75) is 32.2 Å². The highest BCUT2D eigenvalue weighted by Crippen LogP contribution is 2.27. The van der Waals surface area contributed by atoms with Gasteiger partial charge in [0.2, 0.25) is 0 Å². The van der Waals surface area contributed by atoms with E-state index in [9.17, 15) is 0 Å². The third-order valence-corrected chi connectivity index (χ3v) is 5.09. The molecule has 7 heteroatoms. The van der Waals surface area contributed by atoms with E-state index in [0.29, 0.717) is 0 Å². The molecule has 29 heavy (non-hydrogen) atoms. The number of guanidine groups is 1. The van der Waals surface area contributed by atoms with Crippen LogP contribution in [-0.2, 0) is 6.42 Å². The van der Waals surface area contributed by atoms with Crippen molar-refractivity contribution in [3.05, 3.63) is 54.0 Å². The van der Waals surface area contributed by atoms with Gasteiger partial charge < -0.3 is 19.8 Å². The molecule has 160 valence electrons. The number of aliphatic imine (C=N–C) groups is 1. The second kappa shape index (κ2) is 12.7. The topological polar surface area (TPSA) is 62.0 Å². The van der Waals surface area contributed by atoms with Crippen LogP contribution in [0.3, 0.4) is 0 Å². The summed E-state index contributed by atoms with van der Waals surface area (Å²) >= 11 is 0. The van der Waals surface area contributed by atoms with Crippen molar-refractivity contribution in [3.8, 4) is 5.75 Å². The van der Waals surface area contributed by atoms with Crippen molar-refractivity contribution >= 4 is 29.9 Å². The van der Waals surface area contributed by atoms with Gasteiger partial charge in [0.15, 0.2) is 5.96 Å². The average molecular weight is 512 g/mol. The molecule has 0 radical (unpaired) electrons. The van der Waals surface area contributed by atoms with Crippen LogP contribution in [0.5, 0.6) is 5.75 Å². The highest BCUT2D eigenvalue weighted by atomic mass is 127. The van der Waals surface area contributed by atoms with Crippen LogP contribution in [-0.4, -0.2) is 50.7 Å². The molecule has 1 aromatic carbocycles. The molecule has 1 unspecified atom stereocenters. The van der Waals surface area contributed by atoms with Crippen LogP contribution in [0.4, 0.5) is 0 Å². The zero-order valence-corrected chi connectivity index (χ0v) is 19.7. The molecule has 2 aromatic rings. The normalized spacial score (nSPS) is 15.6. The van der Waals surface area contributed by atoms with Crippen molar-refractivity contribution in [3.63, 3.8) is 0 Å². The first-order valence-electron chi connectivity index (χ1n) is 10.2. The summed E-state index contributed by atoms with van der Waals surface area (Å²) in [5, 5.41) is 6.76. The van der Waals surface area contributed by atoms with Gasteiger partial charge in [0.05, 0.1) is 26.0 Å². The number of ether oxygens (including phenoxy) is 1. The Morgan fingerprint density at radius 1 is 1.17 bits per heavy atom. The number of methoxy groups -OCH3 is 1. The number of nitrogens with one attached hydrogen (secondary N) is 2. The molecule has 2 heterocycles. The monoisotopic (exact) mass is 512 g/mol. The lowest BCUT2D eigenvalue weighted by Crippen LogP contribution is -2.39. The quantitative estimate of drug-likeness (QED) is 0.304. The summed E-state index contributed by atoms with van der Waals surface area (Å²) in [6.07, 6.45) is 5.07. The Bertz CT molecular complexity index is 713. The lowest BCUT2D eigenvalue weighted by Gasteiger charge is -2.27. The third kappa shape index (κ3) is 7.22. The Hall–Kier alpha value is -1.74. The highest BCUT2D eigenvalue weighted by Gasteiger charge is 2.23. The van der Waals surface area contributed by atoms with Gasteiger partial charge in [-0.1, -0.05) is 12.1 Å². The van der Waals surface area contributed by atoms with E-state index in [2.05, 4.69) is 34.6 Å². The van der Waals surface area contributed by atoms with Gasteiger partial charge in [0, 0.05) is 19.5 Å². The van der Waals surface area contributed by atoms with Crippen LogP contribution >= 0.6 is 24.0 Å². The van der Waals surface area contributed by atoms with Crippen molar-refractivity contribution in [2.24, 2.45) is 4.99 Å². The maximum absolute atomic E-state index is 5.40. The van der Waals surface area contributed by atoms with Crippen LogP contribution in [0.1, 0.15) is 37.1 Å². The zero-order valence-electron chi connectivity index (χ0n) is 17.4. The third-order valence-electron chi connectivity index (χ3n) is 5.09. The summed E-state index contributed by atoms with van der Waals surface area (Å²) in [6.45, 7) is 6.71. The van der Waals surface area contributed by atoms with E-state index in [-0.39, 0.29) is 30.0 Å². The Labute approximate surface area is 191 Å². The van der Waals surface area contributed by atoms with Crippen molar-refractivity contribution in [2.75, 3.05) is 39.8 Å². The lowest BCUT2D eigenvalue weighted by molar-refractivity contribution is 0.251. The van der Waals surface area contributed by atoms with Gasteiger partial charge in [-0.25, -0.2) is 0 Å². The van der Waals surface area contributed by atoms with E-state index in [0.717, 1.165) is 56.6 Å². The van der Waals surface area contributed by atoms with Gasteiger partial charge in [0.1, 0.15) is 11.5 Å². The largest absolute Gasteiger partial charge is 0.497 e. The molecule has 0 bridgehead atoms. The van der Waals surface area contributed by atoms with Gasteiger partial charge in [-0.3, -0.25) is 9.89 Å². The Balaban J connectivity index is 0.00000300. The second-order valence-corrected chi connectivity index (χ2v) is 7.01. The maximum atomic E-state index is 5.40.